The Morgan fingerprint density at radius 1 is 0.568 bits per heavy atom. The molecular formula is C37H59NaO6. The summed E-state index contributed by atoms with van der Waals surface area (Å²) in [6.07, 6.45) is 39.6. The van der Waals surface area contributed by atoms with Crippen LogP contribution in [0, 0.1) is 24.7 Å². The van der Waals surface area contributed by atoms with E-state index in [1.807, 2.05) is 0 Å². The van der Waals surface area contributed by atoms with Gasteiger partial charge in [0.05, 0.1) is 7.11 Å². The number of aliphatic carboxylic acids is 1. The number of esters is 1. The Kier molecular flexibility index (Phi) is 40.9. The number of hydrogen-bond acceptors (Lipinski definition) is 5. The predicted molar refractivity (Wildman–Crippen MR) is 178 cm³/mol. The SMILES string of the molecule is C#CCCCC(=O)CC/C=C\CCCCCCCC(=O)O.C#CCCCC(=O)CC/C=C\CCCCCCCC(=O)OC.[H-].[Na+]. The van der Waals surface area contributed by atoms with Gasteiger partial charge in [0.15, 0.2) is 0 Å². The van der Waals surface area contributed by atoms with Gasteiger partial charge in [-0.3, -0.25) is 19.2 Å². The van der Waals surface area contributed by atoms with E-state index in [0.29, 0.717) is 56.5 Å². The van der Waals surface area contributed by atoms with Crippen molar-refractivity contribution in [2.24, 2.45) is 0 Å². The van der Waals surface area contributed by atoms with Crippen LogP contribution >= 0.6 is 0 Å². The number of allylic oxidation sites excluding steroid dienone is 4. The van der Waals surface area contributed by atoms with Gasteiger partial charge in [-0.25, -0.2) is 0 Å². The van der Waals surface area contributed by atoms with Gasteiger partial charge in [-0.1, -0.05) is 62.8 Å². The maximum Gasteiger partial charge on any atom is 1.00 e. The number of unbranched alkanes of at least 4 members (excludes halogenated alkanes) is 12. The van der Waals surface area contributed by atoms with Gasteiger partial charge in [0, 0.05) is 51.4 Å². The van der Waals surface area contributed by atoms with Gasteiger partial charge in [-0.2, -0.15) is 0 Å². The molecule has 0 saturated heterocycles. The molecule has 7 heteroatoms. The number of carboxylic acid groups (broad SMARTS) is 1. The molecule has 0 atom stereocenters. The third-order valence-corrected chi connectivity index (χ3v) is 6.81. The van der Waals surface area contributed by atoms with Crippen molar-refractivity contribution in [2.45, 2.75) is 154 Å². The van der Waals surface area contributed by atoms with Crippen LogP contribution in [0.3, 0.4) is 0 Å². The van der Waals surface area contributed by atoms with Crippen LogP contribution in [-0.2, 0) is 23.9 Å². The van der Waals surface area contributed by atoms with E-state index in [0.717, 1.165) is 83.5 Å². The third-order valence-electron chi connectivity index (χ3n) is 6.81. The molecule has 0 aromatic heterocycles. The molecule has 0 heterocycles. The van der Waals surface area contributed by atoms with Crippen LogP contribution in [0.15, 0.2) is 24.3 Å². The van der Waals surface area contributed by atoms with Crippen molar-refractivity contribution in [3.8, 4) is 24.7 Å². The maximum atomic E-state index is 11.5. The second-order valence-corrected chi connectivity index (χ2v) is 10.8. The van der Waals surface area contributed by atoms with E-state index in [1.165, 1.54) is 26.4 Å². The normalized spacial score (nSPS) is 10.3. The zero-order valence-electron chi connectivity index (χ0n) is 28.9. The van der Waals surface area contributed by atoms with E-state index >= 15 is 0 Å². The number of ketones is 2. The minimum atomic E-state index is -0.702. The van der Waals surface area contributed by atoms with Crippen molar-refractivity contribution < 1.29 is 60.0 Å². The Morgan fingerprint density at radius 2 is 0.955 bits per heavy atom. The summed E-state index contributed by atoms with van der Waals surface area (Å²) >= 11 is 0. The zero-order chi connectivity index (χ0) is 32.2. The van der Waals surface area contributed by atoms with E-state index in [9.17, 15) is 19.2 Å². The van der Waals surface area contributed by atoms with E-state index in [1.54, 1.807) is 0 Å². The van der Waals surface area contributed by atoms with Gasteiger partial charge >= 0.3 is 41.5 Å². The van der Waals surface area contributed by atoms with E-state index < -0.39 is 5.97 Å². The van der Waals surface area contributed by atoms with Crippen molar-refractivity contribution in [2.75, 3.05) is 7.11 Å². The Balaban J connectivity index is -0.000000358. The molecule has 244 valence electrons. The molecule has 0 radical (unpaired) electrons. The summed E-state index contributed by atoms with van der Waals surface area (Å²) in [5.74, 6) is 4.89. The van der Waals surface area contributed by atoms with Gasteiger partial charge in [0.1, 0.15) is 11.6 Å². The summed E-state index contributed by atoms with van der Waals surface area (Å²) in [6, 6.07) is 0. The summed E-state index contributed by atoms with van der Waals surface area (Å²) in [5, 5.41) is 8.49. The van der Waals surface area contributed by atoms with E-state index in [-0.39, 0.29) is 43.4 Å². The number of Topliss-reactive ketones (excluding diaryl/α,β-unsaturated/α-hetero) is 2. The standard InChI is InChI=1S/C19H30O3.C18H28O3.Na.H/c1-3-4-12-15-18(20)16-13-10-8-6-5-7-9-11-14-17-19(21)22-2;1-2-3-11-14-17(19)15-12-9-7-5-4-6-8-10-13-16-18(20)21;;/h1,8,10H,4-7,9,11-17H2,2H3;1,7,9H,3-6,8,10-16H2,(H,20,21);;/q;;+1;-1/b10-8-;9-7-;;. The van der Waals surface area contributed by atoms with Gasteiger partial charge in [-0.05, 0) is 64.2 Å². The molecule has 0 aliphatic rings. The number of ether oxygens (including phenoxy) is 1. The minimum absolute atomic E-state index is 0. The third kappa shape index (κ3) is 42.0. The molecule has 0 amide bonds. The summed E-state index contributed by atoms with van der Waals surface area (Å²) < 4.78 is 4.60. The number of methoxy groups -OCH3 is 1. The fraction of sp³-hybridized carbons (Fsp3) is 0.676. The molecule has 44 heavy (non-hydrogen) atoms. The van der Waals surface area contributed by atoms with Crippen LogP contribution in [0.4, 0.5) is 0 Å². The van der Waals surface area contributed by atoms with Gasteiger partial charge in [0.25, 0.3) is 0 Å². The van der Waals surface area contributed by atoms with Crippen molar-refractivity contribution in [3.63, 3.8) is 0 Å². The molecule has 0 saturated carbocycles. The van der Waals surface area contributed by atoms with Crippen LogP contribution < -0.4 is 29.6 Å². The molecule has 0 rings (SSSR count). The molecule has 0 aromatic rings. The number of carbonyl (C=O) groups excluding carboxylic acids is 3. The fourth-order valence-electron chi connectivity index (χ4n) is 4.22. The number of terminal acetylenes is 2. The summed E-state index contributed by atoms with van der Waals surface area (Å²) in [7, 11) is 1.43. The molecule has 0 aromatic carbocycles. The topological polar surface area (TPSA) is 97.7 Å². The molecule has 0 aliphatic heterocycles. The first kappa shape index (κ1) is 46.3. The molecule has 0 unspecified atom stereocenters. The zero-order valence-corrected chi connectivity index (χ0v) is 29.9. The Morgan fingerprint density at radius 3 is 1.36 bits per heavy atom. The summed E-state index contributed by atoms with van der Waals surface area (Å²) in [5.41, 5.74) is 0. The first-order valence-corrected chi connectivity index (χ1v) is 16.4. The molecule has 1 N–H and O–H groups in total. The van der Waals surface area contributed by atoms with Crippen molar-refractivity contribution in [1.82, 2.24) is 0 Å². The minimum Gasteiger partial charge on any atom is -1.00 e. The molecule has 0 fully saturated rings. The molecular weight excluding hydrogens is 563 g/mol. The Labute approximate surface area is 292 Å². The van der Waals surface area contributed by atoms with Crippen LogP contribution in [0.2, 0.25) is 0 Å². The van der Waals surface area contributed by atoms with Crippen LogP contribution in [0.1, 0.15) is 156 Å². The summed E-state index contributed by atoms with van der Waals surface area (Å²) in [6.45, 7) is 0. The second kappa shape index (κ2) is 38.9. The predicted octanol–water partition coefficient (Wildman–Crippen LogP) is 6.23. The van der Waals surface area contributed by atoms with Crippen LogP contribution in [0.5, 0.6) is 0 Å². The average molecular weight is 623 g/mol. The largest absolute Gasteiger partial charge is 1.00 e. The maximum absolute atomic E-state index is 11.5. The van der Waals surface area contributed by atoms with Gasteiger partial charge in [-0.15, -0.1) is 24.7 Å². The summed E-state index contributed by atoms with van der Waals surface area (Å²) in [4.78, 5) is 44.2. The van der Waals surface area contributed by atoms with Crippen molar-refractivity contribution >= 4 is 23.5 Å². The number of hydrogen-bond donors (Lipinski definition) is 1. The Hall–Kier alpha value is -2.12. The fourth-order valence-corrected chi connectivity index (χ4v) is 4.22. The molecule has 0 aliphatic carbocycles. The number of rotatable bonds is 28. The average Bonchev–Trinajstić information content (AvgIpc) is 2.99. The molecule has 0 spiro atoms. The second-order valence-electron chi connectivity index (χ2n) is 10.8. The van der Waals surface area contributed by atoms with Crippen molar-refractivity contribution in [3.05, 3.63) is 24.3 Å². The molecule has 0 bridgehead atoms. The molecule has 6 nitrogen and oxygen atoms in total. The first-order chi connectivity index (χ1) is 20.9. The van der Waals surface area contributed by atoms with E-state index in [2.05, 4.69) is 40.9 Å². The van der Waals surface area contributed by atoms with Crippen LogP contribution in [-0.4, -0.2) is 35.7 Å². The van der Waals surface area contributed by atoms with Crippen molar-refractivity contribution in [1.29, 1.82) is 0 Å². The quantitative estimate of drug-likeness (QED) is 0.0366. The smallest absolute Gasteiger partial charge is 1.00 e. The number of carboxylic acids is 1. The van der Waals surface area contributed by atoms with Gasteiger partial charge < -0.3 is 11.3 Å². The monoisotopic (exact) mass is 622 g/mol. The number of carbonyl (C=O) groups is 4. The Bertz CT molecular complexity index is 869. The van der Waals surface area contributed by atoms with Gasteiger partial charge in [0.2, 0.25) is 0 Å². The first-order valence-electron chi connectivity index (χ1n) is 16.4. The van der Waals surface area contributed by atoms with E-state index in [4.69, 9.17) is 18.0 Å². The van der Waals surface area contributed by atoms with Crippen LogP contribution in [0.25, 0.3) is 0 Å².